The van der Waals surface area contributed by atoms with Crippen molar-refractivity contribution in [2.45, 2.75) is 83.5 Å². The van der Waals surface area contributed by atoms with Crippen LogP contribution < -0.4 is 5.32 Å². The number of hydrogen-bond donors (Lipinski definition) is 1. The molecule has 3 nitrogen and oxygen atoms in total. The molecule has 0 amide bonds. The van der Waals surface area contributed by atoms with Crippen LogP contribution in [0.3, 0.4) is 0 Å². The van der Waals surface area contributed by atoms with Crippen LogP contribution in [-0.4, -0.2) is 38.0 Å². The molecule has 4 unspecified atom stereocenters. The van der Waals surface area contributed by atoms with Crippen molar-refractivity contribution >= 4 is 0 Å². The molecule has 2 rings (SSSR count). The monoisotopic (exact) mass is 283 g/mol. The maximum absolute atomic E-state index is 6.20. The SMILES string of the molecule is CCCNCC1CCC(COC2CCCCC2CC)O1. The highest BCUT2D eigenvalue weighted by molar-refractivity contribution is 4.78. The first-order valence-electron chi connectivity index (χ1n) is 8.81. The first-order chi connectivity index (χ1) is 9.83. The van der Waals surface area contributed by atoms with Gasteiger partial charge in [-0.3, -0.25) is 0 Å². The molecule has 1 saturated carbocycles. The van der Waals surface area contributed by atoms with E-state index < -0.39 is 0 Å². The summed E-state index contributed by atoms with van der Waals surface area (Å²) >= 11 is 0. The van der Waals surface area contributed by atoms with Crippen molar-refractivity contribution in [3.8, 4) is 0 Å². The highest BCUT2D eigenvalue weighted by atomic mass is 16.5. The van der Waals surface area contributed by atoms with Crippen LogP contribution in [0.25, 0.3) is 0 Å². The fourth-order valence-corrected chi connectivity index (χ4v) is 3.58. The molecule has 4 atom stereocenters. The minimum absolute atomic E-state index is 0.336. The van der Waals surface area contributed by atoms with Crippen molar-refractivity contribution in [1.29, 1.82) is 0 Å². The van der Waals surface area contributed by atoms with Gasteiger partial charge in [-0.15, -0.1) is 0 Å². The predicted molar refractivity (Wildman–Crippen MR) is 83.0 cm³/mol. The predicted octanol–water partition coefficient (Wildman–Crippen LogP) is 3.52. The zero-order chi connectivity index (χ0) is 14.2. The summed E-state index contributed by atoms with van der Waals surface area (Å²) in [6, 6.07) is 0. The smallest absolute Gasteiger partial charge is 0.0814 e. The summed E-state index contributed by atoms with van der Waals surface area (Å²) in [5.41, 5.74) is 0. The minimum atomic E-state index is 0.336. The third kappa shape index (κ3) is 5.01. The lowest BCUT2D eigenvalue weighted by molar-refractivity contribution is -0.0687. The molecule has 0 aromatic carbocycles. The molecule has 0 aromatic heterocycles. The third-order valence-electron chi connectivity index (χ3n) is 4.85. The molecule has 1 N–H and O–H groups in total. The fraction of sp³-hybridized carbons (Fsp3) is 1.00. The Hall–Kier alpha value is -0.120. The Kier molecular flexibility index (Phi) is 7.32. The standard InChI is InChI=1S/C17H33NO2/c1-3-11-18-12-15-9-10-16(20-15)13-19-17-8-6-5-7-14(17)4-2/h14-18H,3-13H2,1-2H3. The van der Waals surface area contributed by atoms with Gasteiger partial charge in [0.1, 0.15) is 0 Å². The maximum atomic E-state index is 6.20. The number of rotatable bonds is 8. The number of nitrogens with one attached hydrogen (secondary N) is 1. The first kappa shape index (κ1) is 16.3. The molecule has 0 radical (unpaired) electrons. The van der Waals surface area contributed by atoms with E-state index in [9.17, 15) is 0 Å². The lowest BCUT2D eigenvalue weighted by atomic mass is 9.85. The Morgan fingerprint density at radius 2 is 1.85 bits per heavy atom. The van der Waals surface area contributed by atoms with Crippen molar-refractivity contribution in [1.82, 2.24) is 5.32 Å². The van der Waals surface area contributed by atoms with Crippen LogP contribution in [0.5, 0.6) is 0 Å². The van der Waals surface area contributed by atoms with E-state index in [1.807, 2.05) is 0 Å². The average Bonchev–Trinajstić information content (AvgIpc) is 2.93. The van der Waals surface area contributed by atoms with Crippen LogP contribution >= 0.6 is 0 Å². The lowest BCUT2D eigenvalue weighted by Gasteiger charge is -2.31. The van der Waals surface area contributed by atoms with Crippen LogP contribution in [0.2, 0.25) is 0 Å². The molecule has 1 heterocycles. The minimum Gasteiger partial charge on any atom is -0.375 e. The highest BCUT2D eigenvalue weighted by Crippen LogP contribution is 2.30. The molecule has 118 valence electrons. The molecule has 2 fully saturated rings. The zero-order valence-electron chi connectivity index (χ0n) is 13.4. The van der Waals surface area contributed by atoms with E-state index in [1.165, 1.54) is 51.4 Å². The van der Waals surface area contributed by atoms with Crippen molar-refractivity contribution < 1.29 is 9.47 Å². The number of hydrogen-bond acceptors (Lipinski definition) is 3. The van der Waals surface area contributed by atoms with Gasteiger partial charge in [-0.2, -0.15) is 0 Å². The molecule has 1 aliphatic carbocycles. The van der Waals surface area contributed by atoms with E-state index in [4.69, 9.17) is 9.47 Å². The van der Waals surface area contributed by atoms with Crippen molar-refractivity contribution in [2.75, 3.05) is 19.7 Å². The van der Waals surface area contributed by atoms with Gasteiger partial charge in [0.15, 0.2) is 0 Å². The van der Waals surface area contributed by atoms with Gasteiger partial charge in [-0.25, -0.2) is 0 Å². The van der Waals surface area contributed by atoms with E-state index in [0.717, 1.165) is 25.6 Å². The molecular weight excluding hydrogens is 250 g/mol. The van der Waals surface area contributed by atoms with Gasteiger partial charge in [0, 0.05) is 6.54 Å². The van der Waals surface area contributed by atoms with Gasteiger partial charge < -0.3 is 14.8 Å². The summed E-state index contributed by atoms with van der Waals surface area (Å²) in [7, 11) is 0. The van der Waals surface area contributed by atoms with Gasteiger partial charge in [-0.1, -0.05) is 33.1 Å². The van der Waals surface area contributed by atoms with Crippen LogP contribution in [-0.2, 0) is 9.47 Å². The Morgan fingerprint density at radius 1 is 1.05 bits per heavy atom. The topological polar surface area (TPSA) is 30.5 Å². The van der Waals surface area contributed by atoms with E-state index in [-0.39, 0.29) is 0 Å². The van der Waals surface area contributed by atoms with Gasteiger partial charge in [0.05, 0.1) is 24.9 Å². The molecule has 20 heavy (non-hydrogen) atoms. The van der Waals surface area contributed by atoms with Crippen molar-refractivity contribution in [3.63, 3.8) is 0 Å². The highest BCUT2D eigenvalue weighted by Gasteiger charge is 2.28. The second-order valence-corrected chi connectivity index (χ2v) is 6.49. The quantitative estimate of drug-likeness (QED) is 0.691. The van der Waals surface area contributed by atoms with Gasteiger partial charge in [0.25, 0.3) is 0 Å². The van der Waals surface area contributed by atoms with E-state index >= 15 is 0 Å². The third-order valence-corrected chi connectivity index (χ3v) is 4.85. The van der Waals surface area contributed by atoms with Crippen LogP contribution in [0, 0.1) is 5.92 Å². The normalized spacial score (nSPS) is 34.5. The molecular formula is C17H33NO2. The lowest BCUT2D eigenvalue weighted by Crippen LogP contribution is -2.32. The van der Waals surface area contributed by atoms with Gasteiger partial charge in [-0.05, 0) is 44.6 Å². The first-order valence-corrected chi connectivity index (χ1v) is 8.81. The number of ether oxygens (including phenoxy) is 2. The van der Waals surface area contributed by atoms with Crippen molar-refractivity contribution in [3.05, 3.63) is 0 Å². The van der Waals surface area contributed by atoms with Gasteiger partial charge >= 0.3 is 0 Å². The summed E-state index contributed by atoms with van der Waals surface area (Å²) < 4.78 is 12.3. The van der Waals surface area contributed by atoms with Crippen molar-refractivity contribution in [2.24, 2.45) is 5.92 Å². The Bertz CT molecular complexity index is 259. The summed E-state index contributed by atoms with van der Waals surface area (Å²) in [4.78, 5) is 0. The second kappa shape index (κ2) is 9.01. The Labute approximate surface area is 124 Å². The second-order valence-electron chi connectivity index (χ2n) is 6.49. The van der Waals surface area contributed by atoms with Crippen LogP contribution in [0.15, 0.2) is 0 Å². The zero-order valence-corrected chi connectivity index (χ0v) is 13.4. The van der Waals surface area contributed by atoms with Gasteiger partial charge in [0.2, 0.25) is 0 Å². The Morgan fingerprint density at radius 3 is 2.65 bits per heavy atom. The fourth-order valence-electron chi connectivity index (χ4n) is 3.58. The van der Waals surface area contributed by atoms with E-state index in [1.54, 1.807) is 0 Å². The maximum Gasteiger partial charge on any atom is 0.0814 e. The summed E-state index contributed by atoms with van der Waals surface area (Å²) in [5, 5.41) is 3.45. The van der Waals surface area contributed by atoms with E-state index in [2.05, 4.69) is 19.2 Å². The molecule has 2 aliphatic rings. The summed E-state index contributed by atoms with van der Waals surface area (Å²) in [5.74, 6) is 0.784. The van der Waals surface area contributed by atoms with Crippen LogP contribution in [0.1, 0.15) is 65.2 Å². The molecule has 3 heteroatoms. The largest absolute Gasteiger partial charge is 0.375 e. The average molecular weight is 283 g/mol. The Balaban J connectivity index is 1.62. The molecule has 0 aromatic rings. The molecule has 0 bridgehead atoms. The van der Waals surface area contributed by atoms with Crippen LogP contribution in [0.4, 0.5) is 0 Å². The summed E-state index contributed by atoms with van der Waals surface area (Å²) in [6.45, 7) is 7.42. The molecule has 0 spiro atoms. The molecule has 1 saturated heterocycles. The van der Waals surface area contributed by atoms with E-state index in [0.29, 0.717) is 18.3 Å². The summed E-state index contributed by atoms with van der Waals surface area (Å²) in [6.07, 6.45) is 11.4. The molecule has 1 aliphatic heterocycles.